The molecule has 30 heavy (non-hydrogen) atoms. The smallest absolute Gasteiger partial charge is 0.255 e. The molecular weight excluding hydrogens is 424 g/mol. The van der Waals surface area contributed by atoms with Crippen molar-refractivity contribution in [3.05, 3.63) is 64.4 Å². The highest BCUT2D eigenvalue weighted by Crippen LogP contribution is 2.24. The van der Waals surface area contributed by atoms with Crippen molar-refractivity contribution in [3.8, 4) is 11.5 Å². The summed E-state index contributed by atoms with van der Waals surface area (Å²) in [5, 5.41) is 12.9. The second-order valence-electron chi connectivity index (χ2n) is 6.45. The van der Waals surface area contributed by atoms with Crippen molar-refractivity contribution in [1.29, 1.82) is 0 Å². The molecule has 1 N–H and O–H groups in total. The van der Waals surface area contributed by atoms with E-state index in [0.29, 0.717) is 30.0 Å². The number of carbonyl (C=O) groups is 1. The fraction of sp³-hybridized carbons (Fsp3) is 0.286. The van der Waals surface area contributed by atoms with Crippen LogP contribution in [-0.4, -0.2) is 41.4 Å². The summed E-state index contributed by atoms with van der Waals surface area (Å²) < 4.78 is 12.4. The molecule has 1 aromatic heterocycles. The number of methoxy groups -OCH3 is 2. The molecule has 9 heteroatoms. The van der Waals surface area contributed by atoms with Gasteiger partial charge in [0.1, 0.15) is 17.3 Å². The Balaban J connectivity index is 1.56. The maximum absolute atomic E-state index is 12.6. The number of amides is 1. The molecule has 1 heterocycles. The molecule has 0 unspecified atom stereocenters. The Kier molecular flexibility index (Phi) is 7.59. The van der Waals surface area contributed by atoms with Gasteiger partial charge < -0.3 is 19.4 Å². The number of ether oxygens (including phenoxy) is 2. The number of thioether (sulfide) groups is 1. The summed E-state index contributed by atoms with van der Waals surface area (Å²) in [6, 6.07) is 12.9. The molecular formula is C21H23ClN4O3S. The van der Waals surface area contributed by atoms with Crippen LogP contribution in [0.5, 0.6) is 11.5 Å². The fourth-order valence-electron chi connectivity index (χ4n) is 2.84. The zero-order valence-electron chi connectivity index (χ0n) is 17.0. The number of halogens is 1. The molecule has 0 saturated carbocycles. The van der Waals surface area contributed by atoms with E-state index >= 15 is 0 Å². The van der Waals surface area contributed by atoms with Crippen molar-refractivity contribution in [2.45, 2.75) is 17.3 Å². The Labute approximate surface area is 184 Å². The molecule has 0 fully saturated rings. The Morgan fingerprint density at radius 1 is 1.17 bits per heavy atom. The first-order valence-corrected chi connectivity index (χ1v) is 10.6. The van der Waals surface area contributed by atoms with Crippen LogP contribution in [0, 0.1) is 0 Å². The average Bonchev–Trinajstić information content (AvgIpc) is 3.11. The highest BCUT2D eigenvalue weighted by atomic mass is 35.5. The van der Waals surface area contributed by atoms with Crippen molar-refractivity contribution in [1.82, 2.24) is 20.1 Å². The van der Waals surface area contributed by atoms with Gasteiger partial charge in [-0.25, -0.2) is 0 Å². The fourth-order valence-corrected chi connectivity index (χ4v) is 3.92. The van der Waals surface area contributed by atoms with Gasteiger partial charge in [-0.05, 0) is 35.9 Å². The van der Waals surface area contributed by atoms with Gasteiger partial charge in [-0.1, -0.05) is 35.5 Å². The van der Waals surface area contributed by atoms with Gasteiger partial charge in [-0.15, -0.1) is 10.2 Å². The number of nitrogens with one attached hydrogen (secondary N) is 1. The van der Waals surface area contributed by atoms with Gasteiger partial charge in [0.2, 0.25) is 0 Å². The first kappa shape index (κ1) is 22.0. The number of aromatic nitrogens is 3. The zero-order valence-corrected chi connectivity index (χ0v) is 18.6. The van der Waals surface area contributed by atoms with Gasteiger partial charge in [0.15, 0.2) is 5.16 Å². The summed E-state index contributed by atoms with van der Waals surface area (Å²) in [5.74, 6) is 2.39. The minimum Gasteiger partial charge on any atom is -0.497 e. The lowest BCUT2D eigenvalue weighted by Crippen LogP contribution is -2.26. The third kappa shape index (κ3) is 5.46. The maximum Gasteiger partial charge on any atom is 0.255 e. The monoisotopic (exact) mass is 446 g/mol. The quantitative estimate of drug-likeness (QED) is 0.504. The van der Waals surface area contributed by atoms with E-state index in [2.05, 4.69) is 15.5 Å². The maximum atomic E-state index is 12.6. The Morgan fingerprint density at radius 3 is 2.73 bits per heavy atom. The number of rotatable bonds is 9. The van der Waals surface area contributed by atoms with E-state index in [9.17, 15) is 4.79 Å². The van der Waals surface area contributed by atoms with Crippen LogP contribution in [0.3, 0.4) is 0 Å². The summed E-state index contributed by atoms with van der Waals surface area (Å²) in [4.78, 5) is 12.6. The van der Waals surface area contributed by atoms with E-state index < -0.39 is 0 Å². The molecule has 0 spiro atoms. The van der Waals surface area contributed by atoms with Gasteiger partial charge in [-0.2, -0.15) is 0 Å². The number of carbonyl (C=O) groups excluding carboxylic acids is 1. The molecule has 0 atom stereocenters. The molecule has 1 amide bonds. The van der Waals surface area contributed by atoms with E-state index in [-0.39, 0.29) is 5.91 Å². The topological polar surface area (TPSA) is 78.3 Å². The van der Waals surface area contributed by atoms with E-state index in [1.165, 1.54) is 7.11 Å². The zero-order chi connectivity index (χ0) is 21.5. The third-order valence-corrected chi connectivity index (χ3v) is 5.79. The molecule has 0 radical (unpaired) electrons. The van der Waals surface area contributed by atoms with Crippen LogP contribution in [0.15, 0.2) is 47.6 Å². The van der Waals surface area contributed by atoms with Crippen LogP contribution in [0.2, 0.25) is 5.02 Å². The minimum absolute atomic E-state index is 0.233. The molecule has 0 saturated heterocycles. The van der Waals surface area contributed by atoms with E-state index in [4.69, 9.17) is 21.1 Å². The molecule has 7 nitrogen and oxygen atoms in total. The molecule has 0 aliphatic rings. The molecule has 0 bridgehead atoms. The first-order chi connectivity index (χ1) is 14.5. The highest BCUT2D eigenvalue weighted by molar-refractivity contribution is 7.98. The van der Waals surface area contributed by atoms with Crippen LogP contribution in [0.25, 0.3) is 0 Å². The molecule has 2 aromatic carbocycles. The van der Waals surface area contributed by atoms with Gasteiger partial charge in [0.25, 0.3) is 5.91 Å². The van der Waals surface area contributed by atoms with Crippen LogP contribution in [0.1, 0.15) is 21.7 Å². The molecule has 158 valence electrons. The largest absolute Gasteiger partial charge is 0.497 e. The summed E-state index contributed by atoms with van der Waals surface area (Å²) in [6.07, 6.45) is 0.555. The van der Waals surface area contributed by atoms with E-state index in [1.807, 2.05) is 35.9 Å². The number of hydrogen-bond donors (Lipinski definition) is 1. The summed E-state index contributed by atoms with van der Waals surface area (Å²) in [7, 11) is 5.00. The normalized spacial score (nSPS) is 10.7. The van der Waals surface area contributed by atoms with Crippen molar-refractivity contribution in [2.75, 3.05) is 20.8 Å². The highest BCUT2D eigenvalue weighted by Gasteiger charge is 2.14. The summed E-state index contributed by atoms with van der Waals surface area (Å²) in [6.45, 7) is 0.421. The number of benzene rings is 2. The minimum atomic E-state index is -0.233. The van der Waals surface area contributed by atoms with Gasteiger partial charge in [0.05, 0.1) is 19.8 Å². The number of hydrogen-bond acceptors (Lipinski definition) is 6. The van der Waals surface area contributed by atoms with Crippen molar-refractivity contribution >= 4 is 29.3 Å². The lowest BCUT2D eigenvalue weighted by Gasteiger charge is -2.11. The molecule has 0 aliphatic carbocycles. The van der Waals surface area contributed by atoms with Crippen LogP contribution < -0.4 is 14.8 Å². The van der Waals surface area contributed by atoms with Crippen molar-refractivity contribution < 1.29 is 14.3 Å². The standard InChI is InChI=1S/C21H23ClN4O3S/c1-26-19(24-25-21(26)30-13-14-5-4-6-15(22)11-14)9-10-23-20(27)17-12-16(28-2)7-8-18(17)29-3/h4-8,11-12H,9-10,13H2,1-3H3,(H,23,27). The summed E-state index contributed by atoms with van der Waals surface area (Å²) in [5.41, 5.74) is 1.55. The SMILES string of the molecule is COc1ccc(OC)c(C(=O)NCCc2nnc(SCc3cccc(Cl)c3)n2C)c1. The van der Waals surface area contributed by atoms with E-state index in [1.54, 1.807) is 37.1 Å². The summed E-state index contributed by atoms with van der Waals surface area (Å²) >= 11 is 7.62. The lowest BCUT2D eigenvalue weighted by molar-refractivity contribution is 0.0950. The predicted molar refractivity (Wildman–Crippen MR) is 118 cm³/mol. The van der Waals surface area contributed by atoms with Crippen LogP contribution in [0.4, 0.5) is 0 Å². The second-order valence-corrected chi connectivity index (χ2v) is 7.83. The Morgan fingerprint density at radius 2 is 2.00 bits per heavy atom. The Hall–Kier alpha value is -2.71. The molecule has 0 aliphatic heterocycles. The van der Waals surface area contributed by atoms with Gasteiger partial charge >= 0.3 is 0 Å². The first-order valence-electron chi connectivity index (χ1n) is 9.27. The van der Waals surface area contributed by atoms with Crippen molar-refractivity contribution in [3.63, 3.8) is 0 Å². The van der Waals surface area contributed by atoms with Crippen LogP contribution in [-0.2, 0) is 19.2 Å². The van der Waals surface area contributed by atoms with Gasteiger partial charge in [-0.3, -0.25) is 4.79 Å². The molecule has 3 aromatic rings. The lowest BCUT2D eigenvalue weighted by atomic mass is 10.1. The number of nitrogens with zero attached hydrogens (tertiary/aromatic N) is 3. The Bertz CT molecular complexity index is 1030. The molecule has 3 rings (SSSR count). The average molecular weight is 447 g/mol. The van der Waals surface area contributed by atoms with Gasteiger partial charge in [0, 0.05) is 30.8 Å². The predicted octanol–water partition coefficient (Wildman–Crippen LogP) is 3.75. The van der Waals surface area contributed by atoms with Crippen molar-refractivity contribution in [2.24, 2.45) is 7.05 Å². The third-order valence-electron chi connectivity index (χ3n) is 4.47. The second kappa shape index (κ2) is 10.4. The van der Waals surface area contributed by atoms with Crippen LogP contribution >= 0.6 is 23.4 Å². The van der Waals surface area contributed by atoms with E-state index in [0.717, 1.165) is 27.3 Å².